The number of hydrogen-bond acceptors (Lipinski definition) is 2. The van der Waals surface area contributed by atoms with Crippen LogP contribution in [0.1, 0.15) is 0 Å². The molecule has 1 aromatic rings. The molecule has 1 aromatic carbocycles. The van der Waals surface area contributed by atoms with E-state index in [0.717, 1.165) is 11.4 Å². The highest BCUT2D eigenvalue weighted by Gasteiger charge is 1.87. The van der Waals surface area contributed by atoms with Crippen molar-refractivity contribution >= 4 is 24.3 Å². The van der Waals surface area contributed by atoms with E-state index in [0.29, 0.717) is 0 Å². The quantitative estimate of drug-likeness (QED) is 0.604. The molecule has 0 aliphatic rings. The summed E-state index contributed by atoms with van der Waals surface area (Å²) >= 11 is 0. The van der Waals surface area contributed by atoms with Crippen LogP contribution in [-0.2, 0) is 0 Å². The predicted molar refractivity (Wildman–Crippen MR) is 54.0 cm³/mol. The molecule has 0 radical (unpaired) electrons. The molecule has 0 saturated heterocycles. The molecule has 0 unspecified atom stereocenters. The van der Waals surface area contributed by atoms with Crippen molar-refractivity contribution in [2.24, 2.45) is 9.98 Å². The molecule has 60 valence electrons. The van der Waals surface area contributed by atoms with E-state index in [2.05, 4.69) is 23.3 Å². The summed E-state index contributed by atoms with van der Waals surface area (Å²) in [6, 6.07) is 7.49. The average molecular weight is 158 g/mol. The maximum Gasteiger partial charge on any atom is 0.0631 e. The van der Waals surface area contributed by atoms with Gasteiger partial charge >= 0.3 is 0 Å². The van der Waals surface area contributed by atoms with Crippen molar-refractivity contribution in [3.05, 3.63) is 36.9 Å². The Labute approximate surface area is 72.0 Å². The van der Waals surface area contributed by atoms with Crippen molar-refractivity contribution in [3.8, 4) is 0 Å². The molecule has 12 heavy (non-hydrogen) atoms. The van der Waals surface area contributed by atoms with Crippen LogP contribution in [0.5, 0.6) is 0 Å². The van der Waals surface area contributed by atoms with E-state index in [1.807, 2.05) is 24.3 Å². The molecule has 0 amide bonds. The lowest BCUT2D eigenvalue weighted by Crippen LogP contribution is -1.66. The molecule has 0 saturated carbocycles. The molecule has 0 aromatic heterocycles. The summed E-state index contributed by atoms with van der Waals surface area (Å²) in [6.45, 7) is 6.95. The first-order chi connectivity index (χ1) is 5.86. The van der Waals surface area contributed by atoms with Gasteiger partial charge in [-0.15, -0.1) is 0 Å². The molecule has 0 N–H and O–H groups in total. The average Bonchev–Trinajstić information content (AvgIpc) is 2.15. The lowest BCUT2D eigenvalue weighted by atomic mass is 10.3. The monoisotopic (exact) mass is 158 g/mol. The summed E-state index contributed by atoms with van der Waals surface area (Å²) in [6.07, 6.45) is 3.29. The van der Waals surface area contributed by atoms with Gasteiger partial charge in [-0.25, -0.2) is 0 Å². The van der Waals surface area contributed by atoms with Crippen molar-refractivity contribution in [1.82, 2.24) is 0 Å². The summed E-state index contributed by atoms with van der Waals surface area (Å²) in [4.78, 5) is 7.86. The van der Waals surface area contributed by atoms with Gasteiger partial charge in [-0.2, -0.15) is 0 Å². The Kier molecular flexibility index (Phi) is 2.96. The Morgan fingerprint density at radius 1 is 1.08 bits per heavy atom. The van der Waals surface area contributed by atoms with E-state index in [-0.39, 0.29) is 0 Å². The summed E-state index contributed by atoms with van der Waals surface area (Å²) in [5.41, 5.74) is 1.75. The second kappa shape index (κ2) is 4.23. The number of hydrogen-bond donors (Lipinski definition) is 0. The van der Waals surface area contributed by atoms with Gasteiger partial charge in [-0.05, 0) is 31.0 Å². The molecular weight excluding hydrogens is 148 g/mol. The van der Waals surface area contributed by atoms with E-state index in [1.54, 1.807) is 12.3 Å². The molecular formula is C10H10N2. The van der Waals surface area contributed by atoms with E-state index in [4.69, 9.17) is 0 Å². The standard InChI is InChI=1S/C10H10N2/c1-3-8-12-10-6-4-9(11-2)5-7-10/h3-8H,1-2H2. The lowest BCUT2D eigenvalue weighted by molar-refractivity contribution is 1.50. The SMILES string of the molecule is C=CC=Nc1ccc(N=C)cc1. The fourth-order valence-corrected chi connectivity index (χ4v) is 0.783. The minimum absolute atomic E-state index is 0.854. The molecule has 1 rings (SSSR count). The first-order valence-electron chi connectivity index (χ1n) is 3.58. The number of benzene rings is 1. The minimum Gasteiger partial charge on any atom is -0.265 e. The van der Waals surface area contributed by atoms with E-state index < -0.39 is 0 Å². The number of aliphatic imine (C=N–C) groups is 2. The van der Waals surface area contributed by atoms with Crippen LogP contribution in [0, 0.1) is 0 Å². The van der Waals surface area contributed by atoms with Gasteiger partial charge in [-0.3, -0.25) is 9.98 Å². The Balaban J connectivity index is 2.84. The van der Waals surface area contributed by atoms with Gasteiger partial charge in [0.2, 0.25) is 0 Å². The van der Waals surface area contributed by atoms with Gasteiger partial charge in [-0.1, -0.05) is 12.7 Å². The normalized spacial score (nSPS) is 10.0. The number of nitrogens with zero attached hydrogens (tertiary/aromatic N) is 2. The van der Waals surface area contributed by atoms with Crippen molar-refractivity contribution in [3.63, 3.8) is 0 Å². The summed E-state index contributed by atoms with van der Waals surface area (Å²) in [5.74, 6) is 0. The van der Waals surface area contributed by atoms with Crippen LogP contribution in [0.3, 0.4) is 0 Å². The largest absolute Gasteiger partial charge is 0.265 e. The second-order valence-electron chi connectivity index (χ2n) is 2.19. The van der Waals surface area contributed by atoms with Crippen LogP contribution in [0.4, 0.5) is 11.4 Å². The minimum atomic E-state index is 0.854. The van der Waals surface area contributed by atoms with Crippen molar-refractivity contribution in [1.29, 1.82) is 0 Å². The Morgan fingerprint density at radius 3 is 2.17 bits per heavy atom. The number of allylic oxidation sites excluding steroid dienone is 1. The third kappa shape index (κ3) is 2.16. The van der Waals surface area contributed by atoms with E-state index >= 15 is 0 Å². The van der Waals surface area contributed by atoms with Crippen LogP contribution < -0.4 is 0 Å². The highest BCUT2D eigenvalue weighted by atomic mass is 14.7. The highest BCUT2D eigenvalue weighted by Crippen LogP contribution is 2.17. The fraction of sp³-hybridized carbons (Fsp3) is 0. The van der Waals surface area contributed by atoms with Crippen LogP contribution >= 0.6 is 0 Å². The molecule has 0 atom stereocenters. The topological polar surface area (TPSA) is 24.7 Å². The third-order valence-corrected chi connectivity index (χ3v) is 1.36. The van der Waals surface area contributed by atoms with Crippen LogP contribution in [0.25, 0.3) is 0 Å². The summed E-state index contributed by atoms with van der Waals surface area (Å²) in [5, 5.41) is 0. The van der Waals surface area contributed by atoms with Crippen LogP contribution in [0.2, 0.25) is 0 Å². The van der Waals surface area contributed by atoms with Gasteiger partial charge in [0.25, 0.3) is 0 Å². The maximum atomic E-state index is 4.10. The van der Waals surface area contributed by atoms with Gasteiger partial charge in [0.05, 0.1) is 11.4 Å². The van der Waals surface area contributed by atoms with Crippen molar-refractivity contribution < 1.29 is 0 Å². The Morgan fingerprint density at radius 2 is 1.67 bits per heavy atom. The van der Waals surface area contributed by atoms with Gasteiger partial charge in [0.15, 0.2) is 0 Å². The molecule has 0 bridgehead atoms. The highest BCUT2D eigenvalue weighted by molar-refractivity contribution is 5.73. The molecule has 0 heterocycles. The maximum absolute atomic E-state index is 4.10. The van der Waals surface area contributed by atoms with Gasteiger partial charge in [0.1, 0.15) is 0 Å². The van der Waals surface area contributed by atoms with Gasteiger partial charge in [0, 0.05) is 6.21 Å². The second-order valence-corrected chi connectivity index (χ2v) is 2.19. The third-order valence-electron chi connectivity index (χ3n) is 1.36. The Hall–Kier alpha value is -1.70. The van der Waals surface area contributed by atoms with Crippen molar-refractivity contribution in [2.75, 3.05) is 0 Å². The molecule has 0 fully saturated rings. The molecule has 0 spiro atoms. The smallest absolute Gasteiger partial charge is 0.0631 e. The zero-order valence-electron chi connectivity index (χ0n) is 6.77. The molecule has 2 nitrogen and oxygen atoms in total. The zero-order chi connectivity index (χ0) is 8.81. The number of rotatable bonds is 3. The fourth-order valence-electron chi connectivity index (χ4n) is 0.783. The van der Waals surface area contributed by atoms with Crippen LogP contribution in [0.15, 0.2) is 46.9 Å². The lowest BCUT2D eigenvalue weighted by Gasteiger charge is -1.92. The summed E-state index contributed by atoms with van der Waals surface area (Å²) < 4.78 is 0. The molecule has 2 heteroatoms. The first kappa shape index (κ1) is 8.40. The van der Waals surface area contributed by atoms with Gasteiger partial charge < -0.3 is 0 Å². The summed E-state index contributed by atoms with van der Waals surface area (Å²) in [7, 11) is 0. The van der Waals surface area contributed by atoms with E-state index in [1.165, 1.54) is 0 Å². The molecule has 0 aliphatic heterocycles. The first-order valence-corrected chi connectivity index (χ1v) is 3.58. The zero-order valence-corrected chi connectivity index (χ0v) is 6.77. The Bertz CT molecular complexity index is 296. The van der Waals surface area contributed by atoms with Crippen molar-refractivity contribution in [2.45, 2.75) is 0 Å². The molecule has 0 aliphatic carbocycles. The predicted octanol–water partition coefficient (Wildman–Crippen LogP) is 2.91. The van der Waals surface area contributed by atoms with Crippen LogP contribution in [-0.4, -0.2) is 12.9 Å². The van der Waals surface area contributed by atoms with E-state index in [9.17, 15) is 0 Å².